The van der Waals surface area contributed by atoms with Crippen LogP contribution in [-0.2, 0) is 11.2 Å². The molecule has 2 aromatic carbocycles. The number of halogens is 2. The molecule has 0 aliphatic carbocycles. The summed E-state index contributed by atoms with van der Waals surface area (Å²) >= 11 is 4.57. The van der Waals surface area contributed by atoms with Crippen LogP contribution < -0.4 is 5.32 Å². The summed E-state index contributed by atoms with van der Waals surface area (Å²) in [6, 6.07) is 13.5. The van der Waals surface area contributed by atoms with Gasteiger partial charge in [-0.1, -0.05) is 52.0 Å². The van der Waals surface area contributed by atoms with Gasteiger partial charge < -0.3 is 5.32 Å². The van der Waals surface area contributed by atoms with Gasteiger partial charge >= 0.3 is 0 Å². The fraction of sp³-hybridized carbons (Fsp3) is 0.238. The zero-order valence-corrected chi connectivity index (χ0v) is 18.7. The highest BCUT2D eigenvalue weighted by Crippen LogP contribution is 2.25. The summed E-state index contributed by atoms with van der Waals surface area (Å²) in [5.74, 6) is 0.168. The smallest absolute Gasteiger partial charge is 0.216 e. The Bertz CT molecular complexity index is 1040. The van der Waals surface area contributed by atoms with Crippen LogP contribution in [0.2, 0.25) is 0 Å². The monoisotopic (exact) mass is 490 g/mol. The van der Waals surface area contributed by atoms with Crippen molar-refractivity contribution >= 4 is 39.4 Å². The number of carbonyl (C=O) groups is 2. The Hall–Kier alpha value is -2.52. The minimum atomic E-state index is -0.401. The SMILES string of the molecule is CC(=O)NCCCc1nnc(SCC(=O)c2ccc(Br)cc2)n1-c1ccccc1F. The maximum absolute atomic E-state index is 14.5. The summed E-state index contributed by atoms with van der Waals surface area (Å²) in [5.41, 5.74) is 0.925. The molecular formula is C21H20BrFN4O2S. The third kappa shape index (κ3) is 5.76. The molecule has 3 aromatic rings. The standard InChI is InChI=1S/C21H20BrFN4O2S/c1-14(28)24-12-4-7-20-25-26-21(27(20)18-6-3-2-5-17(18)23)30-13-19(29)15-8-10-16(22)11-9-15/h2-3,5-6,8-11H,4,7,12-13H2,1H3,(H,24,28). The lowest BCUT2D eigenvalue weighted by Crippen LogP contribution is -2.21. The number of aryl methyl sites for hydroxylation is 1. The van der Waals surface area contributed by atoms with E-state index in [-0.39, 0.29) is 17.4 Å². The van der Waals surface area contributed by atoms with Crippen molar-refractivity contribution in [3.8, 4) is 5.69 Å². The van der Waals surface area contributed by atoms with Crippen molar-refractivity contribution in [2.24, 2.45) is 0 Å². The Kier molecular flexibility index (Phi) is 7.75. The highest BCUT2D eigenvalue weighted by atomic mass is 79.9. The van der Waals surface area contributed by atoms with Crippen LogP contribution in [0.15, 0.2) is 58.2 Å². The van der Waals surface area contributed by atoms with E-state index in [9.17, 15) is 14.0 Å². The summed E-state index contributed by atoms with van der Waals surface area (Å²) in [5, 5.41) is 11.6. The Balaban J connectivity index is 1.79. The van der Waals surface area contributed by atoms with Gasteiger partial charge in [0, 0.05) is 29.9 Å². The zero-order chi connectivity index (χ0) is 21.5. The number of nitrogens with zero attached hydrogens (tertiary/aromatic N) is 3. The van der Waals surface area contributed by atoms with Crippen molar-refractivity contribution < 1.29 is 14.0 Å². The molecule has 1 aromatic heterocycles. The number of benzene rings is 2. The van der Waals surface area contributed by atoms with E-state index >= 15 is 0 Å². The second-order valence-corrected chi connectivity index (χ2v) is 8.35. The molecule has 3 rings (SSSR count). The lowest BCUT2D eigenvalue weighted by molar-refractivity contribution is -0.118. The van der Waals surface area contributed by atoms with E-state index in [0.29, 0.717) is 41.6 Å². The quantitative estimate of drug-likeness (QED) is 0.276. The van der Waals surface area contributed by atoms with Gasteiger partial charge in [-0.2, -0.15) is 0 Å². The van der Waals surface area contributed by atoms with Gasteiger partial charge in [-0.25, -0.2) is 4.39 Å². The first-order valence-corrected chi connectivity index (χ1v) is 11.1. The van der Waals surface area contributed by atoms with Crippen molar-refractivity contribution in [3.63, 3.8) is 0 Å². The van der Waals surface area contributed by atoms with Crippen LogP contribution in [0.1, 0.15) is 29.5 Å². The highest BCUT2D eigenvalue weighted by molar-refractivity contribution is 9.10. The molecule has 0 saturated carbocycles. The van der Waals surface area contributed by atoms with Gasteiger partial charge in [-0.15, -0.1) is 10.2 Å². The molecule has 0 aliphatic heterocycles. The Labute approximate surface area is 186 Å². The number of aromatic nitrogens is 3. The number of amides is 1. The number of Topliss-reactive ketones (excluding diaryl/α,β-unsaturated/α-hetero) is 1. The molecule has 1 N–H and O–H groups in total. The minimum Gasteiger partial charge on any atom is -0.356 e. The normalized spacial score (nSPS) is 10.8. The number of carbonyl (C=O) groups excluding carboxylic acids is 2. The van der Waals surface area contributed by atoms with Crippen molar-refractivity contribution in [1.82, 2.24) is 20.1 Å². The molecule has 0 bridgehead atoms. The van der Waals surface area contributed by atoms with Crippen molar-refractivity contribution in [2.45, 2.75) is 24.9 Å². The molecule has 0 fully saturated rings. The number of rotatable bonds is 9. The van der Waals surface area contributed by atoms with Crippen LogP contribution in [0.3, 0.4) is 0 Å². The molecular weight excluding hydrogens is 471 g/mol. The third-order valence-electron chi connectivity index (χ3n) is 4.24. The lowest BCUT2D eigenvalue weighted by Gasteiger charge is -2.11. The van der Waals surface area contributed by atoms with Crippen LogP contribution in [0.4, 0.5) is 4.39 Å². The van der Waals surface area contributed by atoms with Gasteiger partial charge in [-0.05, 0) is 30.7 Å². The van der Waals surface area contributed by atoms with Gasteiger partial charge in [0.15, 0.2) is 10.9 Å². The number of nitrogens with one attached hydrogen (secondary N) is 1. The molecule has 9 heteroatoms. The van der Waals surface area contributed by atoms with Gasteiger partial charge in [0.2, 0.25) is 5.91 Å². The Morgan fingerprint density at radius 3 is 2.57 bits per heavy atom. The fourth-order valence-electron chi connectivity index (χ4n) is 2.79. The molecule has 0 aliphatic rings. The van der Waals surface area contributed by atoms with Crippen molar-refractivity contribution in [1.29, 1.82) is 0 Å². The molecule has 0 unspecified atom stereocenters. The lowest BCUT2D eigenvalue weighted by atomic mass is 10.2. The van der Waals surface area contributed by atoms with Crippen LogP contribution >= 0.6 is 27.7 Å². The van der Waals surface area contributed by atoms with Crippen LogP contribution in [0.5, 0.6) is 0 Å². The summed E-state index contributed by atoms with van der Waals surface area (Å²) < 4.78 is 17.0. The summed E-state index contributed by atoms with van der Waals surface area (Å²) in [7, 11) is 0. The molecule has 0 spiro atoms. The van der Waals surface area contributed by atoms with E-state index < -0.39 is 5.82 Å². The predicted octanol–water partition coefficient (Wildman–Crippen LogP) is 4.21. The highest BCUT2D eigenvalue weighted by Gasteiger charge is 2.18. The number of thioether (sulfide) groups is 1. The second-order valence-electron chi connectivity index (χ2n) is 6.49. The first kappa shape index (κ1) is 22.2. The van der Waals surface area contributed by atoms with E-state index in [4.69, 9.17) is 0 Å². The molecule has 1 amide bonds. The molecule has 6 nitrogen and oxygen atoms in total. The molecule has 0 saturated heterocycles. The van der Waals surface area contributed by atoms with Crippen LogP contribution in [0, 0.1) is 5.82 Å². The molecule has 30 heavy (non-hydrogen) atoms. The van der Waals surface area contributed by atoms with Crippen LogP contribution in [0.25, 0.3) is 5.69 Å². The zero-order valence-electron chi connectivity index (χ0n) is 16.3. The number of hydrogen-bond acceptors (Lipinski definition) is 5. The predicted molar refractivity (Wildman–Crippen MR) is 118 cm³/mol. The Morgan fingerprint density at radius 1 is 1.13 bits per heavy atom. The minimum absolute atomic E-state index is 0.0530. The third-order valence-corrected chi connectivity index (χ3v) is 5.70. The van der Waals surface area contributed by atoms with Gasteiger partial charge in [-0.3, -0.25) is 14.2 Å². The largest absolute Gasteiger partial charge is 0.356 e. The Morgan fingerprint density at radius 2 is 1.87 bits per heavy atom. The van der Waals surface area contributed by atoms with Crippen LogP contribution in [-0.4, -0.2) is 38.8 Å². The summed E-state index contributed by atoms with van der Waals surface area (Å²) in [6.07, 6.45) is 1.14. The maximum atomic E-state index is 14.5. The van der Waals surface area contributed by atoms with Crippen molar-refractivity contribution in [2.75, 3.05) is 12.3 Å². The number of ketones is 1. The average Bonchev–Trinajstić information content (AvgIpc) is 3.12. The number of para-hydroxylation sites is 1. The first-order valence-electron chi connectivity index (χ1n) is 9.31. The second kappa shape index (κ2) is 10.5. The summed E-state index contributed by atoms with van der Waals surface area (Å²) in [4.78, 5) is 23.6. The maximum Gasteiger partial charge on any atom is 0.216 e. The van der Waals surface area contributed by atoms with Gasteiger partial charge in [0.25, 0.3) is 0 Å². The fourth-order valence-corrected chi connectivity index (χ4v) is 3.91. The average molecular weight is 491 g/mol. The van der Waals surface area contributed by atoms with E-state index in [2.05, 4.69) is 31.4 Å². The molecule has 0 atom stereocenters. The molecule has 156 valence electrons. The summed E-state index contributed by atoms with van der Waals surface area (Å²) in [6.45, 7) is 1.95. The van der Waals surface area contributed by atoms with Crippen molar-refractivity contribution in [3.05, 3.63) is 70.2 Å². The molecule has 0 radical (unpaired) electrons. The van der Waals surface area contributed by atoms with Gasteiger partial charge in [0.1, 0.15) is 11.6 Å². The topological polar surface area (TPSA) is 76.9 Å². The van der Waals surface area contributed by atoms with Gasteiger partial charge in [0.05, 0.1) is 11.4 Å². The first-order chi connectivity index (χ1) is 14.5. The van der Waals surface area contributed by atoms with E-state index in [0.717, 1.165) is 4.47 Å². The van der Waals surface area contributed by atoms with E-state index in [1.165, 1.54) is 24.8 Å². The van der Waals surface area contributed by atoms with E-state index in [1.807, 2.05) is 12.1 Å². The molecule has 1 heterocycles. The number of hydrogen-bond donors (Lipinski definition) is 1. The van der Waals surface area contributed by atoms with E-state index in [1.54, 1.807) is 34.9 Å².